The van der Waals surface area contributed by atoms with Gasteiger partial charge in [0, 0.05) is 18.7 Å². The third-order valence-electron chi connectivity index (χ3n) is 3.76. The molecule has 3 N–H and O–H groups in total. The highest BCUT2D eigenvalue weighted by atomic mass is 16.5. The Kier molecular flexibility index (Phi) is 7.91. The second-order valence-electron chi connectivity index (χ2n) is 5.25. The first-order chi connectivity index (χ1) is 10.5. The molecule has 0 spiro atoms. The molecule has 0 aliphatic carbocycles. The van der Waals surface area contributed by atoms with Gasteiger partial charge in [-0.05, 0) is 45.1 Å². The number of carbonyl (C=O) groups excluding carboxylic acids is 1. The summed E-state index contributed by atoms with van der Waals surface area (Å²) in [6.45, 7) is 12.4. The van der Waals surface area contributed by atoms with Gasteiger partial charge in [-0.2, -0.15) is 0 Å². The van der Waals surface area contributed by atoms with Crippen LogP contribution in [-0.4, -0.2) is 49.5 Å². The minimum atomic E-state index is -0.229. The number of carbonyl (C=O) groups is 1. The maximum absolute atomic E-state index is 12.4. The number of rotatable bonds is 10. The number of hydrogen-bond acceptors (Lipinski definition) is 5. The summed E-state index contributed by atoms with van der Waals surface area (Å²) in [5.74, 6) is 0.676. The topological polar surface area (TPSA) is 67.6 Å². The zero-order chi connectivity index (χ0) is 16.5. The number of likely N-dealkylation sites (N-methyl/N-ethyl adjacent to an activating group) is 1. The molecule has 0 saturated carbocycles. The van der Waals surface area contributed by atoms with Gasteiger partial charge in [0.2, 0.25) is 0 Å². The van der Waals surface area contributed by atoms with E-state index >= 15 is 0 Å². The molecule has 1 atom stereocenters. The third-order valence-corrected chi connectivity index (χ3v) is 3.76. The molecule has 0 aromatic heterocycles. The summed E-state index contributed by atoms with van der Waals surface area (Å²) in [7, 11) is 0. The number of benzene rings is 1. The number of hydrogen-bond donors (Lipinski definition) is 2. The highest BCUT2D eigenvalue weighted by Gasteiger charge is 2.16. The van der Waals surface area contributed by atoms with E-state index in [0.29, 0.717) is 23.6 Å². The fourth-order valence-corrected chi connectivity index (χ4v) is 2.31. The fourth-order valence-electron chi connectivity index (χ4n) is 2.31. The molecular weight excluding hydrogens is 278 g/mol. The Labute approximate surface area is 133 Å². The molecule has 1 rings (SSSR count). The standard InChI is InChI=1S/C17H29N3O2/c1-5-20(6-2)11-10-19-13(4)17(21)14-8-9-16(22-7-3)15(18)12-14/h8-9,12-13,19H,5-7,10-11,18H2,1-4H3. The van der Waals surface area contributed by atoms with Gasteiger partial charge in [0.25, 0.3) is 0 Å². The molecule has 22 heavy (non-hydrogen) atoms. The maximum atomic E-state index is 12.4. The van der Waals surface area contributed by atoms with Crippen LogP contribution in [0.25, 0.3) is 0 Å². The second-order valence-corrected chi connectivity index (χ2v) is 5.25. The normalized spacial score (nSPS) is 12.4. The minimum Gasteiger partial charge on any atom is -0.492 e. The van der Waals surface area contributed by atoms with Crippen molar-refractivity contribution in [2.24, 2.45) is 0 Å². The van der Waals surface area contributed by atoms with E-state index in [9.17, 15) is 4.79 Å². The summed E-state index contributed by atoms with van der Waals surface area (Å²) in [5, 5.41) is 3.28. The summed E-state index contributed by atoms with van der Waals surface area (Å²) >= 11 is 0. The number of nitrogens with zero attached hydrogens (tertiary/aromatic N) is 1. The van der Waals surface area contributed by atoms with Crippen LogP contribution in [0.3, 0.4) is 0 Å². The Morgan fingerprint density at radius 3 is 2.55 bits per heavy atom. The highest BCUT2D eigenvalue weighted by Crippen LogP contribution is 2.23. The first-order valence-corrected chi connectivity index (χ1v) is 8.05. The Hall–Kier alpha value is -1.59. The number of nitrogens with two attached hydrogens (primary N) is 1. The van der Waals surface area contributed by atoms with Gasteiger partial charge in [0.15, 0.2) is 5.78 Å². The lowest BCUT2D eigenvalue weighted by Gasteiger charge is -2.20. The molecule has 0 heterocycles. The van der Waals surface area contributed by atoms with Crippen molar-refractivity contribution >= 4 is 11.5 Å². The lowest BCUT2D eigenvalue weighted by Crippen LogP contribution is -2.39. The van der Waals surface area contributed by atoms with Crippen molar-refractivity contribution < 1.29 is 9.53 Å². The van der Waals surface area contributed by atoms with Crippen molar-refractivity contribution in [3.05, 3.63) is 23.8 Å². The van der Waals surface area contributed by atoms with Crippen LogP contribution in [0.2, 0.25) is 0 Å². The molecule has 0 amide bonds. The molecule has 0 bridgehead atoms. The Morgan fingerprint density at radius 2 is 2.00 bits per heavy atom. The highest BCUT2D eigenvalue weighted by molar-refractivity contribution is 6.00. The molecular formula is C17H29N3O2. The number of ether oxygens (including phenoxy) is 1. The van der Waals surface area contributed by atoms with Crippen molar-refractivity contribution in [2.45, 2.75) is 33.7 Å². The lowest BCUT2D eigenvalue weighted by atomic mass is 10.0. The molecule has 0 aliphatic heterocycles. The van der Waals surface area contributed by atoms with Crippen molar-refractivity contribution in [3.8, 4) is 5.75 Å². The average molecular weight is 307 g/mol. The van der Waals surface area contributed by atoms with Gasteiger partial charge in [0.1, 0.15) is 5.75 Å². The molecule has 5 heteroatoms. The zero-order valence-electron chi connectivity index (χ0n) is 14.2. The Morgan fingerprint density at radius 1 is 1.32 bits per heavy atom. The van der Waals surface area contributed by atoms with Gasteiger partial charge in [-0.3, -0.25) is 4.79 Å². The predicted octanol–water partition coefficient (Wildman–Crippen LogP) is 2.17. The fraction of sp³-hybridized carbons (Fsp3) is 0.588. The molecule has 1 aromatic carbocycles. The number of Topliss-reactive ketones (excluding diaryl/α,β-unsaturated/α-hetero) is 1. The van der Waals surface area contributed by atoms with E-state index in [-0.39, 0.29) is 11.8 Å². The SMILES string of the molecule is CCOc1ccc(C(=O)C(C)NCCN(CC)CC)cc1N. The monoisotopic (exact) mass is 307 g/mol. The maximum Gasteiger partial charge on any atom is 0.179 e. The number of ketones is 1. The van der Waals surface area contributed by atoms with E-state index in [1.54, 1.807) is 18.2 Å². The summed E-state index contributed by atoms with van der Waals surface area (Å²) in [4.78, 5) is 14.7. The molecule has 0 fully saturated rings. The smallest absolute Gasteiger partial charge is 0.179 e. The van der Waals surface area contributed by atoms with Gasteiger partial charge < -0.3 is 20.7 Å². The summed E-state index contributed by atoms with van der Waals surface area (Å²) < 4.78 is 5.39. The first kappa shape index (κ1) is 18.5. The summed E-state index contributed by atoms with van der Waals surface area (Å²) in [6.07, 6.45) is 0. The van der Waals surface area contributed by atoms with Crippen LogP contribution >= 0.6 is 0 Å². The van der Waals surface area contributed by atoms with Gasteiger partial charge in [-0.15, -0.1) is 0 Å². The Bertz CT molecular complexity index is 473. The molecule has 1 aromatic rings. The van der Waals surface area contributed by atoms with Crippen LogP contribution in [-0.2, 0) is 0 Å². The van der Waals surface area contributed by atoms with Crippen LogP contribution in [0.4, 0.5) is 5.69 Å². The largest absolute Gasteiger partial charge is 0.492 e. The third kappa shape index (κ3) is 5.31. The molecule has 124 valence electrons. The van der Waals surface area contributed by atoms with Gasteiger partial charge in [-0.25, -0.2) is 0 Å². The van der Waals surface area contributed by atoms with Crippen LogP contribution in [0.5, 0.6) is 5.75 Å². The van der Waals surface area contributed by atoms with Crippen LogP contribution in [0.15, 0.2) is 18.2 Å². The quantitative estimate of drug-likeness (QED) is 0.512. The van der Waals surface area contributed by atoms with Crippen molar-refractivity contribution in [2.75, 3.05) is 38.5 Å². The van der Waals surface area contributed by atoms with E-state index in [1.165, 1.54) is 0 Å². The van der Waals surface area contributed by atoms with E-state index in [1.807, 2.05) is 13.8 Å². The first-order valence-electron chi connectivity index (χ1n) is 8.05. The number of nitrogen functional groups attached to an aromatic ring is 1. The van der Waals surface area contributed by atoms with Crippen molar-refractivity contribution in [3.63, 3.8) is 0 Å². The van der Waals surface area contributed by atoms with E-state index < -0.39 is 0 Å². The van der Waals surface area contributed by atoms with Gasteiger partial charge in [-0.1, -0.05) is 13.8 Å². The molecule has 1 unspecified atom stereocenters. The lowest BCUT2D eigenvalue weighted by molar-refractivity contribution is 0.0949. The van der Waals surface area contributed by atoms with E-state index in [4.69, 9.17) is 10.5 Å². The summed E-state index contributed by atoms with van der Waals surface area (Å²) in [6, 6.07) is 4.99. The van der Waals surface area contributed by atoms with Gasteiger partial charge in [0.05, 0.1) is 18.3 Å². The van der Waals surface area contributed by atoms with Crippen LogP contribution in [0, 0.1) is 0 Å². The summed E-state index contributed by atoms with van der Waals surface area (Å²) in [5.41, 5.74) is 7.03. The molecule has 0 saturated heterocycles. The molecule has 0 aliphatic rings. The molecule has 0 radical (unpaired) electrons. The van der Waals surface area contributed by atoms with Gasteiger partial charge >= 0.3 is 0 Å². The zero-order valence-corrected chi connectivity index (χ0v) is 14.2. The predicted molar refractivity (Wildman–Crippen MR) is 91.6 cm³/mol. The second kappa shape index (κ2) is 9.43. The van der Waals surface area contributed by atoms with Crippen molar-refractivity contribution in [1.29, 1.82) is 0 Å². The van der Waals surface area contributed by atoms with Crippen molar-refractivity contribution in [1.82, 2.24) is 10.2 Å². The number of nitrogens with one attached hydrogen (secondary N) is 1. The van der Waals surface area contributed by atoms with Crippen LogP contribution in [0.1, 0.15) is 38.1 Å². The van der Waals surface area contributed by atoms with Crippen LogP contribution < -0.4 is 15.8 Å². The van der Waals surface area contributed by atoms with E-state index in [2.05, 4.69) is 24.1 Å². The molecule has 5 nitrogen and oxygen atoms in total. The minimum absolute atomic E-state index is 0.0503. The van der Waals surface area contributed by atoms with E-state index in [0.717, 1.165) is 26.2 Å². The average Bonchev–Trinajstić information content (AvgIpc) is 2.52. The Balaban J connectivity index is 2.57. The number of anilines is 1.